The molecule has 1 aromatic rings. The second-order valence-corrected chi connectivity index (χ2v) is 10.2. The maximum atomic E-state index is 13.2. The Labute approximate surface area is 191 Å². The molecular weight excluding hydrogens is 412 g/mol. The van der Waals surface area contributed by atoms with Crippen molar-refractivity contribution in [3.63, 3.8) is 0 Å². The molecular formula is C25H38O7. The second kappa shape index (κ2) is 8.75. The van der Waals surface area contributed by atoms with Crippen molar-refractivity contribution in [1.82, 2.24) is 0 Å². The van der Waals surface area contributed by atoms with Crippen molar-refractivity contribution >= 4 is 5.97 Å². The van der Waals surface area contributed by atoms with Crippen molar-refractivity contribution in [2.75, 3.05) is 21.3 Å². The van der Waals surface area contributed by atoms with Crippen LogP contribution in [0.4, 0.5) is 0 Å². The standard InChI is InChI=1S/C25H38O7/c1-15(2)17-8-9-23(3)14-21(24(4,27)10-11-25(17,23)28)32-22(26)16-12-19(30-6)20(31-7)13-18(16)29-5/h12-13,15,17,21,27-28H,8-11,14H2,1-7H3. The fourth-order valence-electron chi connectivity index (χ4n) is 5.81. The summed E-state index contributed by atoms with van der Waals surface area (Å²) >= 11 is 0. The van der Waals surface area contributed by atoms with Crippen LogP contribution < -0.4 is 14.2 Å². The largest absolute Gasteiger partial charge is 0.496 e. The lowest BCUT2D eigenvalue weighted by Gasteiger charge is -2.43. The molecule has 1 aromatic carbocycles. The van der Waals surface area contributed by atoms with Crippen molar-refractivity contribution in [3.8, 4) is 17.2 Å². The summed E-state index contributed by atoms with van der Waals surface area (Å²) in [6.45, 7) is 8.03. The monoisotopic (exact) mass is 450 g/mol. The Bertz CT molecular complexity index is 849. The van der Waals surface area contributed by atoms with Gasteiger partial charge in [0.1, 0.15) is 17.4 Å². The molecule has 180 valence electrons. The number of methoxy groups -OCH3 is 3. The van der Waals surface area contributed by atoms with E-state index in [9.17, 15) is 15.0 Å². The lowest BCUT2D eigenvalue weighted by atomic mass is 9.67. The topological polar surface area (TPSA) is 94.5 Å². The number of carbonyl (C=O) groups excluding carboxylic acids is 1. The van der Waals surface area contributed by atoms with E-state index in [1.807, 2.05) is 0 Å². The number of esters is 1. The van der Waals surface area contributed by atoms with Gasteiger partial charge in [0.05, 0.1) is 32.5 Å². The molecule has 7 heteroatoms. The highest BCUT2D eigenvalue weighted by atomic mass is 16.6. The summed E-state index contributed by atoms with van der Waals surface area (Å²) in [5, 5.41) is 23.1. The highest BCUT2D eigenvalue weighted by Crippen LogP contribution is 2.59. The van der Waals surface area contributed by atoms with E-state index >= 15 is 0 Å². The Kier molecular flexibility index (Phi) is 6.74. The molecule has 0 bridgehead atoms. The van der Waals surface area contributed by atoms with Gasteiger partial charge in [-0.05, 0) is 50.9 Å². The third-order valence-electron chi connectivity index (χ3n) is 7.99. The van der Waals surface area contributed by atoms with E-state index in [1.54, 1.807) is 13.0 Å². The fourth-order valence-corrected chi connectivity index (χ4v) is 5.81. The summed E-state index contributed by atoms with van der Waals surface area (Å²) in [6.07, 6.45) is 2.21. The molecule has 2 aliphatic carbocycles. The molecule has 0 radical (unpaired) electrons. The average Bonchev–Trinajstić information content (AvgIpc) is 2.97. The van der Waals surface area contributed by atoms with Gasteiger partial charge in [-0.1, -0.05) is 20.8 Å². The Hall–Kier alpha value is -1.99. The van der Waals surface area contributed by atoms with Crippen molar-refractivity contribution in [1.29, 1.82) is 0 Å². The zero-order valence-corrected chi connectivity index (χ0v) is 20.4. The maximum absolute atomic E-state index is 13.2. The number of benzene rings is 1. The van der Waals surface area contributed by atoms with Crippen LogP contribution in [-0.4, -0.2) is 54.8 Å². The van der Waals surface area contributed by atoms with E-state index in [-0.39, 0.29) is 11.5 Å². The van der Waals surface area contributed by atoms with Crippen LogP contribution in [0, 0.1) is 17.3 Å². The molecule has 32 heavy (non-hydrogen) atoms. The summed E-state index contributed by atoms with van der Waals surface area (Å²) in [6, 6.07) is 3.10. The first-order valence-corrected chi connectivity index (χ1v) is 11.4. The van der Waals surface area contributed by atoms with Gasteiger partial charge in [0, 0.05) is 17.5 Å². The number of carbonyl (C=O) groups is 1. The molecule has 0 spiro atoms. The van der Waals surface area contributed by atoms with E-state index in [4.69, 9.17) is 18.9 Å². The highest BCUT2D eigenvalue weighted by Gasteiger charge is 2.61. The van der Waals surface area contributed by atoms with Gasteiger partial charge in [-0.25, -0.2) is 4.79 Å². The average molecular weight is 451 g/mol. The number of aliphatic hydroxyl groups is 2. The third kappa shape index (κ3) is 4.05. The van der Waals surface area contributed by atoms with E-state index in [0.717, 1.165) is 12.8 Å². The van der Waals surface area contributed by atoms with E-state index in [1.165, 1.54) is 27.4 Å². The normalized spacial score (nSPS) is 34.6. The number of hydrogen-bond acceptors (Lipinski definition) is 7. The number of fused-ring (bicyclic) bond motifs is 1. The zero-order chi connectivity index (χ0) is 23.9. The quantitative estimate of drug-likeness (QED) is 0.633. The van der Waals surface area contributed by atoms with Gasteiger partial charge in [-0.15, -0.1) is 0 Å². The van der Waals surface area contributed by atoms with Crippen molar-refractivity contribution < 1.29 is 34.0 Å². The minimum absolute atomic E-state index is 0.156. The van der Waals surface area contributed by atoms with E-state index < -0.39 is 28.7 Å². The lowest BCUT2D eigenvalue weighted by molar-refractivity contribution is -0.109. The molecule has 5 unspecified atom stereocenters. The molecule has 0 heterocycles. The van der Waals surface area contributed by atoms with Crippen LogP contribution >= 0.6 is 0 Å². The molecule has 3 rings (SSSR count). The summed E-state index contributed by atoms with van der Waals surface area (Å²) in [5.74, 6) is 0.992. The predicted molar refractivity (Wildman–Crippen MR) is 120 cm³/mol. The van der Waals surface area contributed by atoms with Crippen LogP contribution in [-0.2, 0) is 4.74 Å². The minimum atomic E-state index is -1.26. The lowest BCUT2D eigenvalue weighted by Crippen LogP contribution is -2.48. The third-order valence-corrected chi connectivity index (χ3v) is 7.99. The molecule has 7 nitrogen and oxygen atoms in total. The van der Waals surface area contributed by atoms with Crippen LogP contribution in [0.1, 0.15) is 70.2 Å². The van der Waals surface area contributed by atoms with Crippen LogP contribution in [0.5, 0.6) is 17.2 Å². The highest BCUT2D eigenvalue weighted by molar-refractivity contribution is 5.93. The van der Waals surface area contributed by atoms with Crippen LogP contribution in [0.2, 0.25) is 0 Å². The Morgan fingerprint density at radius 1 is 0.969 bits per heavy atom. The van der Waals surface area contributed by atoms with E-state index in [0.29, 0.717) is 42.4 Å². The van der Waals surface area contributed by atoms with Crippen molar-refractivity contribution in [3.05, 3.63) is 17.7 Å². The Morgan fingerprint density at radius 2 is 1.56 bits per heavy atom. The molecule has 0 aromatic heterocycles. The maximum Gasteiger partial charge on any atom is 0.342 e. The first kappa shape index (κ1) is 24.6. The van der Waals surface area contributed by atoms with Gasteiger partial charge in [0.2, 0.25) is 0 Å². The number of hydrogen-bond donors (Lipinski definition) is 2. The van der Waals surface area contributed by atoms with Crippen LogP contribution in [0.3, 0.4) is 0 Å². The van der Waals surface area contributed by atoms with Gasteiger partial charge >= 0.3 is 5.97 Å². The number of rotatable bonds is 6. The smallest absolute Gasteiger partial charge is 0.342 e. The summed E-state index contributed by atoms with van der Waals surface area (Å²) in [7, 11) is 4.46. The molecule has 0 amide bonds. The summed E-state index contributed by atoms with van der Waals surface area (Å²) in [4.78, 5) is 13.2. The van der Waals surface area contributed by atoms with Crippen molar-refractivity contribution in [2.45, 2.75) is 77.1 Å². The van der Waals surface area contributed by atoms with Gasteiger partial charge in [0.25, 0.3) is 0 Å². The van der Waals surface area contributed by atoms with Crippen LogP contribution in [0.15, 0.2) is 12.1 Å². The first-order chi connectivity index (χ1) is 14.9. The minimum Gasteiger partial charge on any atom is -0.496 e. The van der Waals surface area contributed by atoms with E-state index in [2.05, 4.69) is 20.8 Å². The van der Waals surface area contributed by atoms with Gasteiger partial charge < -0.3 is 29.2 Å². The predicted octanol–water partition coefficient (Wildman–Crippen LogP) is 3.98. The Balaban J connectivity index is 1.92. The molecule has 2 fully saturated rings. The molecule has 2 N–H and O–H groups in total. The second-order valence-electron chi connectivity index (χ2n) is 10.2. The molecule has 0 saturated heterocycles. The van der Waals surface area contributed by atoms with Gasteiger partial charge in [-0.3, -0.25) is 0 Å². The van der Waals surface area contributed by atoms with Gasteiger partial charge in [0.15, 0.2) is 11.5 Å². The Morgan fingerprint density at radius 3 is 2.12 bits per heavy atom. The summed E-state index contributed by atoms with van der Waals surface area (Å²) < 4.78 is 21.9. The fraction of sp³-hybridized carbons (Fsp3) is 0.720. The summed E-state index contributed by atoms with van der Waals surface area (Å²) in [5.41, 5.74) is -2.41. The molecule has 2 saturated carbocycles. The first-order valence-electron chi connectivity index (χ1n) is 11.4. The molecule has 0 aliphatic heterocycles. The van der Waals surface area contributed by atoms with Crippen molar-refractivity contribution in [2.24, 2.45) is 17.3 Å². The number of ether oxygens (including phenoxy) is 4. The van der Waals surface area contributed by atoms with Gasteiger partial charge in [-0.2, -0.15) is 0 Å². The zero-order valence-electron chi connectivity index (χ0n) is 20.4. The van der Waals surface area contributed by atoms with Crippen LogP contribution in [0.25, 0.3) is 0 Å². The molecule has 5 atom stereocenters. The molecule has 2 aliphatic rings. The SMILES string of the molecule is COc1cc(OC)c(C(=O)OC2CC3(C)CCC(C(C)C)C3(O)CCC2(C)O)cc1OC.